The minimum absolute atomic E-state index is 0.0205. The molecular formula is C17H24N4O. The Morgan fingerprint density at radius 2 is 2.05 bits per heavy atom. The number of pyridine rings is 1. The van der Waals surface area contributed by atoms with Crippen LogP contribution in [0.25, 0.3) is 10.9 Å². The van der Waals surface area contributed by atoms with Crippen molar-refractivity contribution < 1.29 is 4.79 Å². The average molecular weight is 300 g/mol. The Morgan fingerprint density at radius 1 is 1.23 bits per heavy atom. The molecule has 0 aliphatic rings. The summed E-state index contributed by atoms with van der Waals surface area (Å²) in [5.74, 6) is 0.0205. The molecule has 2 aromatic rings. The van der Waals surface area contributed by atoms with E-state index in [1.807, 2.05) is 30.3 Å². The number of nitrogens with one attached hydrogen (secondary N) is 1. The monoisotopic (exact) mass is 300 g/mol. The molecule has 0 aliphatic heterocycles. The molecule has 5 nitrogen and oxygen atoms in total. The fourth-order valence-electron chi connectivity index (χ4n) is 2.29. The van der Waals surface area contributed by atoms with Crippen molar-refractivity contribution in [2.75, 3.05) is 32.9 Å². The zero-order chi connectivity index (χ0) is 15.9. The summed E-state index contributed by atoms with van der Waals surface area (Å²) in [5.41, 5.74) is 8.11. The van der Waals surface area contributed by atoms with Gasteiger partial charge in [0.25, 0.3) is 0 Å². The van der Waals surface area contributed by atoms with Crippen LogP contribution in [0.4, 0.5) is 5.69 Å². The molecule has 1 amide bonds. The van der Waals surface area contributed by atoms with Crippen LogP contribution >= 0.6 is 0 Å². The molecule has 0 atom stereocenters. The Labute approximate surface area is 131 Å². The number of carbonyl (C=O) groups excluding carboxylic acids is 1. The molecule has 5 heteroatoms. The van der Waals surface area contributed by atoms with E-state index in [4.69, 9.17) is 5.73 Å². The molecule has 1 aromatic heterocycles. The summed E-state index contributed by atoms with van der Waals surface area (Å²) >= 11 is 0. The molecule has 22 heavy (non-hydrogen) atoms. The van der Waals surface area contributed by atoms with E-state index in [2.05, 4.69) is 29.3 Å². The number of fused-ring (bicyclic) bond motifs is 1. The topological polar surface area (TPSA) is 71.2 Å². The third-order valence-corrected chi connectivity index (χ3v) is 3.47. The number of benzene rings is 1. The van der Waals surface area contributed by atoms with Gasteiger partial charge in [-0.3, -0.25) is 9.78 Å². The first kappa shape index (κ1) is 16.2. The van der Waals surface area contributed by atoms with Crippen LogP contribution in [0.1, 0.15) is 18.5 Å². The molecular weight excluding hydrogens is 276 g/mol. The number of nitrogens with two attached hydrogens (primary N) is 1. The van der Waals surface area contributed by atoms with Crippen LogP contribution in [0, 0.1) is 0 Å². The van der Waals surface area contributed by atoms with Gasteiger partial charge in [0.15, 0.2) is 0 Å². The largest absolute Gasteiger partial charge is 0.399 e. The van der Waals surface area contributed by atoms with Gasteiger partial charge in [-0.2, -0.15) is 0 Å². The maximum atomic E-state index is 11.9. The van der Waals surface area contributed by atoms with E-state index in [1.54, 1.807) is 0 Å². The van der Waals surface area contributed by atoms with E-state index < -0.39 is 0 Å². The predicted octanol–water partition coefficient (Wildman–Crippen LogP) is 1.82. The third kappa shape index (κ3) is 5.00. The minimum atomic E-state index is 0.0205. The summed E-state index contributed by atoms with van der Waals surface area (Å²) in [7, 11) is 4.11. The number of anilines is 1. The summed E-state index contributed by atoms with van der Waals surface area (Å²) < 4.78 is 0. The van der Waals surface area contributed by atoms with Crippen LogP contribution in [0.3, 0.4) is 0 Å². The molecule has 0 radical (unpaired) electrons. The summed E-state index contributed by atoms with van der Waals surface area (Å²) in [4.78, 5) is 18.6. The van der Waals surface area contributed by atoms with Crippen molar-refractivity contribution >= 4 is 22.5 Å². The Hall–Kier alpha value is -2.14. The van der Waals surface area contributed by atoms with Crippen molar-refractivity contribution in [3.05, 3.63) is 36.0 Å². The minimum Gasteiger partial charge on any atom is -0.399 e. The van der Waals surface area contributed by atoms with E-state index in [9.17, 15) is 4.79 Å². The summed E-state index contributed by atoms with van der Waals surface area (Å²) in [5, 5.41) is 3.94. The molecule has 1 aromatic carbocycles. The van der Waals surface area contributed by atoms with Crippen LogP contribution < -0.4 is 11.1 Å². The third-order valence-electron chi connectivity index (χ3n) is 3.47. The Morgan fingerprint density at radius 3 is 2.82 bits per heavy atom. The summed E-state index contributed by atoms with van der Waals surface area (Å²) in [6.07, 6.45) is 2.39. The highest BCUT2D eigenvalue weighted by Crippen LogP contribution is 2.16. The zero-order valence-corrected chi connectivity index (χ0v) is 13.3. The van der Waals surface area contributed by atoms with Gasteiger partial charge in [-0.1, -0.05) is 6.07 Å². The first-order valence-electron chi connectivity index (χ1n) is 7.61. The summed E-state index contributed by atoms with van der Waals surface area (Å²) in [6, 6.07) is 9.43. The maximum Gasteiger partial charge on any atom is 0.226 e. The number of nitrogen functional groups attached to an aromatic ring is 1. The number of hydrogen-bond donors (Lipinski definition) is 2. The van der Waals surface area contributed by atoms with Gasteiger partial charge < -0.3 is 16.0 Å². The van der Waals surface area contributed by atoms with Gasteiger partial charge in [-0.15, -0.1) is 0 Å². The zero-order valence-electron chi connectivity index (χ0n) is 13.3. The summed E-state index contributed by atoms with van der Waals surface area (Å²) in [6.45, 7) is 1.77. The van der Waals surface area contributed by atoms with Gasteiger partial charge in [0, 0.05) is 17.6 Å². The Kier molecular flexibility index (Phi) is 5.72. The second kappa shape index (κ2) is 7.75. The fourth-order valence-corrected chi connectivity index (χ4v) is 2.29. The fraction of sp³-hybridized carbons (Fsp3) is 0.412. The van der Waals surface area contributed by atoms with Crippen molar-refractivity contribution in [2.24, 2.45) is 0 Å². The average Bonchev–Trinajstić information content (AvgIpc) is 2.46. The van der Waals surface area contributed by atoms with Crippen LogP contribution in [0.15, 0.2) is 30.3 Å². The number of aromatic nitrogens is 1. The maximum absolute atomic E-state index is 11.9. The van der Waals surface area contributed by atoms with Crippen molar-refractivity contribution in [3.63, 3.8) is 0 Å². The smallest absolute Gasteiger partial charge is 0.226 e. The Balaban J connectivity index is 1.82. The molecule has 2 rings (SSSR count). The molecule has 0 saturated heterocycles. The van der Waals surface area contributed by atoms with Crippen molar-refractivity contribution in [1.29, 1.82) is 0 Å². The highest BCUT2D eigenvalue weighted by molar-refractivity contribution is 5.83. The number of amides is 1. The van der Waals surface area contributed by atoms with E-state index in [0.29, 0.717) is 6.42 Å². The van der Waals surface area contributed by atoms with Crippen molar-refractivity contribution in [3.8, 4) is 0 Å². The molecule has 118 valence electrons. The lowest BCUT2D eigenvalue weighted by atomic mass is 10.1. The van der Waals surface area contributed by atoms with Gasteiger partial charge >= 0.3 is 0 Å². The van der Waals surface area contributed by atoms with Gasteiger partial charge in [0.1, 0.15) is 0 Å². The van der Waals surface area contributed by atoms with Gasteiger partial charge in [-0.25, -0.2) is 0 Å². The van der Waals surface area contributed by atoms with Gasteiger partial charge in [-0.05, 0) is 57.7 Å². The molecule has 1 heterocycles. The van der Waals surface area contributed by atoms with E-state index >= 15 is 0 Å². The molecule has 0 saturated carbocycles. The van der Waals surface area contributed by atoms with Crippen LogP contribution in [0.5, 0.6) is 0 Å². The molecule has 0 bridgehead atoms. The highest BCUT2D eigenvalue weighted by atomic mass is 16.1. The van der Waals surface area contributed by atoms with Crippen molar-refractivity contribution in [2.45, 2.75) is 19.3 Å². The number of hydrogen-bond acceptors (Lipinski definition) is 4. The molecule has 3 N–H and O–H groups in total. The van der Waals surface area contributed by atoms with Crippen LogP contribution in [0.2, 0.25) is 0 Å². The van der Waals surface area contributed by atoms with E-state index in [-0.39, 0.29) is 5.91 Å². The molecule has 0 aliphatic carbocycles. The predicted molar refractivity (Wildman–Crippen MR) is 90.7 cm³/mol. The number of rotatable bonds is 7. The number of nitrogens with zero attached hydrogens (tertiary/aromatic N) is 2. The second-order valence-corrected chi connectivity index (χ2v) is 5.79. The molecule has 0 unspecified atom stereocenters. The first-order valence-corrected chi connectivity index (χ1v) is 7.61. The van der Waals surface area contributed by atoms with Gasteiger partial charge in [0.05, 0.1) is 17.6 Å². The standard InChI is InChI=1S/C17H24N4O/c1-21(2)10-4-3-9-19-17(22)12-15-7-5-13-11-14(18)6-8-16(13)20-15/h5-8,11H,3-4,9-10,12,18H2,1-2H3,(H,19,22). The van der Waals surface area contributed by atoms with Gasteiger partial charge in [0.2, 0.25) is 5.91 Å². The highest BCUT2D eigenvalue weighted by Gasteiger charge is 2.05. The van der Waals surface area contributed by atoms with Crippen LogP contribution in [-0.4, -0.2) is 43.0 Å². The van der Waals surface area contributed by atoms with E-state index in [1.165, 1.54) is 0 Å². The first-order chi connectivity index (χ1) is 10.5. The SMILES string of the molecule is CN(C)CCCCNC(=O)Cc1ccc2cc(N)ccc2n1. The molecule has 0 fully saturated rings. The molecule has 0 spiro atoms. The number of carbonyl (C=O) groups is 1. The van der Waals surface area contributed by atoms with E-state index in [0.717, 1.165) is 48.2 Å². The lowest BCUT2D eigenvalue weighted by Crippen LogP contribution is -2.27. The lowest BCUT2D eigenvalue weighted by Gasteiger charge is -2.09. The number of unbranched alkanes of at least 4 members (excludes halogenated alkanes) is 1. The lowest BCUT2D eigenvalue weighted by molar-refractivity contribution is -0.120. The van der Waals surface area contributed by atoms with Crippen molar-refractivity contribution in [1.82, 2.24) is 15.2 Å². The quantitative estimate of drug-likeness (QED) is 0.604. The normalized spacial score (nSPS) is 11.0. The Bertz CT molecular complexity index is 640. The second-order valence-electron chi connectivity index (χ2n) is 5.79. The van der Waals surface area contributed by atoms with Crippen LogP contribution in [-0.2, 0) is 11.2 Å².